The van der Waals surface area contributed by atoms with E-state index in [0.717, 1.165) is 62.8 Å². The zero-order chi connectivity index (χ0) is 41.7. The molecule has 1 spiro atoms. The minimum Gasteiger partial charge on any atom is -0.309 e. The summed E-state index contributed by atoms with van der Waals surface area (Å²) >= 11 is 0. The van der Waals surface area contributed by atoms with Gasteiger partial charge in [-0.25, -0.2) is 9.97 Å². The van der Waals surface area contributed by atoms with Gasteiger partial charge in [-0.2, -0.15) is 0 Å². The highest BCUT2D eigenvalue weighted by Crippen LogP contribution is 2.69. The van der Waals surface area contributed by atoms with Crippen LogP contribution in [0.5, 0.6) is 0 Å². The first kappa shape index (κ1) is 35.2. The van der Waals surface area contributed by atoms with Crippen molar-refractivity contribution < 1.29 is 0 Å². The summed E-state index contributed by atoms with van der Waals surface area (Å²) < 4.78 is 4.89. The third kappa shape index (κ3) is 4.67. The van der Waals surface area contributed by atoms with Crippen molar-refractivity contribution >= 4 is 54.5 Å². The first-order valence-corrected chi connectivity index (χ1v) is 23.3. The molecule has 4 heteroatoms. The molecule has 0 saturated heterocycles. The Morgan fingerprint density at radius 3 is 1.67 bits per heavy atom. The van der Waals surface area contributed by atoms with Crippen LogP contribution in [-0.2, 0) is 5.41 Å². The summed E-state index contributed by atoms with van der Waals surface area (Å²) in [4.78, 5) is 10.3. The second kappa shape index (κ2) is 12.9. The zero-order valence-electron chi connectivity index (χ0n) is 35.5. The summed E-state index contributed by atoms with van der Waals surface area (Å²) in [5, 5.41) is 6.01. The van der Waals surface area contributed by atoms with E-state index in [-0.39, 0.29) is 5.41 Å². The molecule has 4 saturated carbocycles. The van der Waals surface area contributed by atoms with Gasteiger partial charge in [0.2, 0.25) is 0 Å². The lowest BCUT2D eigenvalue weighted by Crippen LogP contribution is -2.55. The fourth-order valence-corrected chi connectivity index (χ4v) is 14.0. The number of para-hydroxylation sites is 3. The fourth-order valence-electron chi connectivity index (χ4n) is 14.0. The lowest BCUT2D eigenvalue weighted by molar-refractivity contribution is -0.0399. The quantitative estimate of drug-likeness (QED) is 0.177. The largest absolute Gasteiger partial charge is 0.309 e. The topological polar surface area (TPSA) is 35.6 Å². The molecule has 4 nitrogen and oxygen atoms in total. The summed E-state index contributed by atoms with van der Waals surface area (Å²) in [7, 11) is 0. The van der Waals surface area contributed by atoms with Crippen LogP contribution in [0.1, 0.15) is 43.2 Å². The van der Waals surface area contributed by atoms with E-state index < -0.39 is 0 Å². The van der Waals surface area contributed by atoms with Gasteiger partial charge in [0.25, 0.3) is 0 Å². The van der Waals surface area contributed by atoms with Gasteiger partial charge < -0.3 is 4.57 Å². The van der Waals surface area contributed by atoms with Crippen molar-refractivity contribution in [3.63, 3.8) is 0 Å². The van der Waals surface area contributed by atoms with Crippen molar-refractivity contribution in [2.24, 2.45) is 23.7 Å². The Morgan fingerprint density at radius 1 is 0.391 bits per heavy atom. The maximum absolute atomic E-state index is 5.31. The van der Waals surface area contributed by atoms with Crippen molar-refractivity contribution in [1.29, 1.82) is 0 Å². The van der Waals surface area contributed by atoms with E-state index in [0.29, 0.717) is 0 Å². The van der Waals surface area contributed by atoms with Crippen LogP contribution in [0.15, 0.2) is 182 Å². The van der Waals surface area contributed by atoms with Crippen molar-refractivity contribution in [3.8, 4) is 45.1 Å². The number of benzene rings is 8. The molecular formula is C60H44N4. The van der Waals surface area contributed by atoms with Gasteiger partial charge in [-0.1, -0.05) is 121 Å². The number of rotatable bonds is 4. The summed E-state index contributed by atoms with van der Waals surface area (Å²) in [5.74, 6) is 4.93. The Balaban J connectivity index is 0.891. The first-order valence-electron chi connectivity index (χ1n) is 23.3. The van der Waals surface area contributed by atoms with Gasteiger partial charge in [-0.15, -0.1) is 0 Å². The predicted molar refractivity (Wildman–Crippen MR) is 262 cm³/mol. The van der Waals surface area contributed by atoms with Crippen LogP contribution in [0.4, 0.5) is 0 Å². The third-order valence-electron chi connectivity index (χ3n) is 16.3. The Kier molecular flexibility index (Phi) is 7.09. The van der Waals surface area contributed by atoms with Crippen LogP contribution in [-0.4, -0.2) is 19.1 Å². The van der Waals surface area contributed by atoms with Crippen molar-refractivity contribution in [3.05, 3.63) is 193 Å². The highest BCUT2D eigenvalue weighted by Gasteiger charge is 2.61. The van der Waals surface area contributed by atoms with Crippen molar-refractivity contribution in [2.75, 3.05) is 0 Å². The molecule has 16 rings (SSSR count). The standard InChI is InChI=1S/C60H44N4/c1-2-12-38(13-3-1)58-61-53-19-9-5-17-48(53)59(62-58)64-55-21-11-7-16-47(55)50-34-40(23-27-57(50)64)39-22-26-56-49(33-39)46-15-6-10-20-54(46)63(56)43-24-25-45-44-14-4-8-18-51(44)60(52(45)35-43)41-29-36-28-37(31-41)32-42(60)30-36/h1-27,33-37,41-42H,28-32H2. The normalized spacial score (nSPS) is 21.8. The van der Waals surface area contributed by atoms with Gasteiger partial charge in [0.05, 0.1) is 27.6 Å². The van der Waals surface area contributed by atoms with Crippen molar-refractivity contribution in [2.45, 2.75) is 37.5 Å². The SMILES string of the molecule is c1ccc(-c2nc(-n3c4ccccc4c4cc(-c5ccc6c(c5)c5ccccc5n6-c5ccc6c(c5)C5(c7ccccc7-6)C6CC7CC(C6)CC5C7)ccc43)c3ccccc3n2)cc1. The number of hydrogen-bond acceptors (Lipinski definition) is 2. The molecule has 0 unspecified atom stereocenters. The number of hydrogen-bond donors (Lipinski definition) is 0. The van der Waals surface area contributed by atoms with Crippen LogP contribution < -0.4 is 0 Å². The minimum absolute atomic E-state index is 0.133. The van der Waals surface area contributed by atoms with E-state index in [2.05, 4.69) is 173 Å². The Labute approximate surface area is 371 Å². The molecule has 3 aromatic heterocycles. The van der Waals surface area contributed by atoms with Gasteiger partial charge in [0, 0.05) is 43.6 Å². The number of fused-ring (bicyclic) bond motifs is 10. The summed E-state index contributed by atoms with van der Waals surface area (Å²) in [5.41, 5.74) is 16.7. The average Bonchev–Trinajstić information content (AvgIpc) is 3.96. The van der Waals surface area contributed by atoms with Crippen LogP contribution in [0.2, 0.25) is 0 Å². The lowest BCUT2D eigenvalue weighted by Gasteiger charge is -2.61. The van der Waals surface area contributed by atoms with Gasteiger partial charge in [-0.05, 0) is 150 Å². The number of nitrogens with zero attached hydrogens (tertiary/aromatic N) is 4. The predicted octanol–water partition coefficient (Wildman–Crippen LogP) is 14.9. The van der Waals surface area contributed by atoms with Gasteiger partial charge in [-0.3, -0.25) is 4.57 Å². The zero-order valence-corrected chi connectivity index (χ0v) is 35.5. The molecule has 5 aliphatic rings. The smallest absolute Gasteiger partial charge is 0.162 e. The molecule has 4 fully saturated rings. The summed E-state index contributed by atoms with van der Waals surface area (Å²) in [6.07, 6.45) is 7.03. The molecule has 304 valence electrons. The molecule has 0 radical (unpaired) electrons. The first-order chi connectivity index (χ1) is 31.7. The highest BCUT2D eigenvalue weighted by molar-refractivity contribution is 6.13. The van der Waals surface area contributed by atoms with Crippen LogP contribution in [0.3, 0.4) is 0 Å². The lowest BCUT2D eigenvalue weighted by atomic mass is 9.43. The third-order valence-corrected chi connectivity index (χ3v) is 16.3. The van der Waals surface area contributed by atoms with E-state index in [9.17, 15) is 0 Å². The van der Waals surface area contributed by atoms with Crippen molar-refractivity contribution in [1.82, 2.24) is 19.1 Å². The molecule has 4 bridgehead atoms. The molecule has 64 heavy (non-hydrogen) atoms. The summed E-state index contributed by atoms with van der Waals surface area (Å²) in [6, 6.07) is 67.5. The molecule has 0 N–H and O–H groups in total. The van der Waals surface area contributed by atoms with Gasteiger partial charge >= 0.3 is 0 Å². The van der Waals surface area contributed by atoms with Crippen LogP contribution in [0.25, 0.3) is 99.7 Å². The molecule has 5 aliphatic carbocycles. The molecule has 0 amide bonds. The average molecular weight is 821 g/mol. The molecule has 0 atom stereocenters. The van der Waals surface area contributed by atoms with E-state index in [1.54, 1.807) is 11.1 Å². The molecule has 8 aromatic carbocycles. The summed E-state index contributed by atoms with van der Waals surface area (Å²) in [6.45, 7) is 0. The number of aromatic nitrogens is 4. The second-order valence-corrected chi connectivity index (χ2v) is 19.4. The Bertz CT molecular complexity index is 3730. The van der Waals surface area contributed by atoms with Gasteiger partial charge in [0.1, 0.15) is 5.82 Å². The monoisotopic (exact) mass is 820 g/mol. The second-order valence-electron chi connectivity index (χ2n) is 19.4. The van der Waals surface area contributed by atoms with E-state index in [1.807, 2.05) is 18.2 Å². The Hall–Kier alpha value is -7.30. The fraction of sp³-hybridized carbons (Fsp3) is 0.167. The van der Waals surface area contributed by atoms with E-state index in [1.165, 1.54) is 92.6 Å². The van der Waals surface area contributed by atoms with Crippen LogP contribution in [0, 0.1) is 23.7 Å². The minimum atomic E-state index is 0.133. The molecular weight excluding hydrogens is 777 g/mol. The molecule has 0 aliphatic heterocycles. The van der Waals surface area contributed by atoms with Crippen LogP contribution >= 0.6 is 0 Å². The maximum Gasteiger partial charge on any atom is 0.162 e. The highest BCUT2D eigenvalue weighted by atomic mass is 15.1. The van der Waals surface area contributed by atoms with E-state index in [4.69, 9.17) is 9.97 Å². The van der Waals surface area contributed by atoms with E-state index >= 15 is 0 Å². The van der Waals surface area contributed by atoms with Gasteiger partial charge in [0.15, 0.2) is 5.82 Å². The maximum atomic E-state index is 5.31. The molecule has 3 heterocycles. The molecule has 11 aromatic rings. The Morgan fingerprint density at radius 2 is 0.953 bits per heavy atom.